The largest absolute Gasteiger partial charge is 0.459 e. The molecule has 2 saturated heterocycles. The molecule has 3 heterocycles. The van der Waals surface area contributed by atoms with E-state index in [9.17, 15) is 14.4 Å². The van der Waals surface area contributed by atoms with E-state index in [1.807, 2.05) is 4.90 Å². The number of piperazine rings is 2. The Hall–Kier alpha value is -2.35. The van der Waals surface area contributed by atoms with E-state index >= 15 is 0 Å². The number of carbonyl (C=O) groups is 3. The van der Waals surface area contributed by atoms with Gasteiger partial charge in [0.1, 0.15) is 0 Å². The third kappa shape index (κ3) is 4.43. The van der Waals surface area contributed by atoms with Gasteiger partial charge in [0.25, 0.3) is 5.91 Å². The second kappa shape index (κ2) is 8.35. The van der Waals surface area contributed by atoms with Crippen molar-refractivity contribution in [3.63, 3.8) is 0 Å². The van der Waals surface area contributed by atoms with Crippen LogP contribution in [0.15, 0.2) is 22.8 Å². The van der Waals surface area contributed by atoms with Crippen LogP contribution in [0.4, 0.5) is 0 Å². The zero-order valence-corrected chi connectivity index (χ0v) is 15.2. The SMILES string of the molecule is CC(=O)N1CCN(C(=O)CCN2CCN(C(=O)c3ccco3)CC2)CC1. The van der Waals surface area contributed by atoms with Gasteiger partial charge in [-0.1, -0.05) is 0 Å². The summed E-state index contributed by atoms with van der Waals surface area (Å²) in [5, 5.41) is 0. The summed E-state index contributed by atoms with van der Waals surface area (Å²) in [6.45, 7) is 7.55. The Balaban J connectivity index is 1.37. The predicted molar refractivity (Wildman–Crippen MR) is 94.5 cm³/mol. The standard InChI is InChI=1S/C18H26N4O4/c1-15(23)20-10-12-21(13-11-20)17(24)4-5-19-6-8-22(9-7-19)18(25)16-3-2-14-26-16/h2-3,14H,4-13H2,1H3. The van der Waals surface area contributed by atoms with Crippen LogP contribution < -0.4 is 0 Å². The quantitative estimate of drug-likeness (QED) is 0.760. The molecule has 8 nitrogen and oxygen atoms in total. The minimum absolute atomic E-state index is 0.0686. The van der Waals surface area contributed by atoms with Crippen molar-refractivity contribution < 1.29 is 18.8 Å². The first-order chi connectivity index (χ1) is 12.5. The van der Waals surface area contributed by atoms with Gasteiger partial charge < -0.3 is 19.1 Å². The highest BCUT2D eigenvalue weighted by Gasteiger charge is 2.25. The van der Waals surface area contributed by atoms with Crippen molar-refractivity contribution >= 4 is 17.7 Å². The molecule has 0 N–H and O–H groups in total. The molecule has 0 unspecified atom stereocenters. The lowest BCUT2D eigenvalue weighted by molar-refractivity contribution is -0.138. The van der Waals surface area contributed by atoms with E-state index in [-0.39, 0.29) is 17.7 Å². The van der Waals surface area contributed by atoms with Gasteiger partial charge in [-0.05, 0) is 12.1 Å². The third-order valence-electron chi connectivity index (χ3n) is 5.11. The lowest BCUT2D eigenvalue weighted by atomic mass is 10.2. The van der Waals surface area contributed by atoms with Crippen LogP contribution in [0.2, 0.25) is 0 Å². The molecule has 1 aromatic rings. The average molecular weight is 362 g/mol. The topological polar surface area (TPSA) is 77.3 Å². The molecular formula is C18H26N4O4. The predicted octanol–water partition coefficient (Wildman–Crippen LogP) is 0.118. The van der Waals surface area contributed by atoms with Gasteiger partial charge in [0.15, 0.2) is 5.76 Å². The Bertz CT molecular complexity index is 630. The first-order valence-electron chi connectivity index (χ1n) is 9.13. The Morgan fingerprint density at radius 2 is 1.54 bits per heavy atom. The van der Waals surface area contributed by atoms with Crippen molar-refractivity contribution in [1.29, 1.82) is 0 Å². The second-order valence-electron chi connectivity index (χ2n) is 6.75. The summed E-state index contributed by atoms with van der Waals surface area (Å²) in [5.74, 6) is 0.508. The molecule has 8 heteroatoms. The molecule has 0 spiro atoms. The van der Waals surface area contributed by atoms with Crippen molar-refractivity contribution in [2.24, 2.45) is 0 Å². The number of nitrogens with zero attached hydrogens (tertiary/aromatic N) is 4. The number of hydrogen-bond acceptors (Lipinski definition) is 5. The van der Waals surface area contributed by atoms with E-state index in [0.29, 0.717) is 58.0 Å². The highest BCUT2D eigenvalue weighted by molar-refractivity contribution is 5.91. The number of amides is 3. The lowest BCUT2D eigenvalue weighted by Crippen LogP contribution is -2.51. The summed E-state index contributed by atoms with van der Waals surface area (Å²) in [6.07, 6.45) is 1.98. The number of rotatable bonds is 4. The maximum absolute atomic E-state index is 12.4. The van der Waals surface area contributed by atoms with Gasteiger partial charge >= 0.3 is 0 Å². The molecule has 0 atom stereocenters. The van der Waals surface area contributed by atoms with Crippen LogP contribution in [0.1, 0.15) is 23.9 Å². The normalized spacial score (nSPS) is 18.9. The molecule has 142 valence electrons. The van der Waals surface area contributed by atoms with Crippen LogP contribution in [0.25, 0.3) is 0 Å². The molecule has 2 aliphatic rings. The van der Waals surface area contributed by atoms with Crippen LogP contribution in [0, 0.1) is 0 Å². The Labute approximate surface area is 153 Å². The second-order valence-corrected chi connectivity index (χ2v) is 6.75. The first-order valence-corrected chi connectivity index (χ1v) is 9.13. The molecule has 0 bridgehead atoms. The fourth-order valence-corrected chi connectivity index (χ4v) is 3.41. The zero-order chi connectivity index (χ0) is 18.5. The van der Waals surface area contributed by atoms with Crippen molar-refractivity contribution in [3.05, 3.63) is 24.2 Å². The number of furan rings is 1. The van der Waals surface area contributed by atoms with Crippen LogP contribution in [0.5, 0.6) is 0 Å². The summed E-state index contributed by atoms with van der Waals surface area (Å²) in [6, 6.07) is 3.39. The fraction of sp³-hybridized carbons (Fsp3) is 0.611. The first kappa shape index (κ1) is 18.4. The summed E-state index contributed by atoms with van der Waals surface area (Å²) in [4.78, 5) is 43.6. The molecule has 3 amide bonds. The molecule has 0 saturated carbocycles. The average Bonchev–Trinajstić information content (AvgIpc) is 3.21. The summed E-state index contributed by atoms with van der Waals surface area (Å²) >= 11 is 0. The molecule has 26 heavy (non-hydrogen) atoms. The Morgan fingerprint density at radius 1 is 0.923 bits per heavy atom. The molecule has 2 aliphatic heterocycles. The van der Waals surface area contributed by atoms with Crippen LogP contribution in [0.3, 0.4) is 0 Å². The van der Waals surface area contributed by atoms with E-state index in [1.54, 1.807) is 28.9 Å². The molecule has 1 aromatic heterocycles. The monoisotopic (exact) mass is 362 g/mol. The minimum Gasteiger partial charge on any atom is -0.459 e. The smallest absolute Gasteiger partial charge is 0.289 e. The Kier molecular flexibility index (Phi) is 5.92. The fourth-order valence-electron chi connectivity index (χ4n) is 3.41. The lowest BCUT2D eigenvalue weighted by Gasteiger charge is -2.36. The summed E-state index contributed by atoms with van der Waals surface area (Å²) in [7, 11) is 0. The zero-order valence-electron chi connectivity index (χ0n) is 15.2. The van der Waals surface area contributed by atoms with Crippen LogP contribution in [-0.2, 0) is 9.59 Å². The van der Waals surface area contributed by atoms with E-state index in [0.717, 1.165) is 13.1 Å². The minimum atomic E-state index is -0.0749. The van der Waals surface area contributed by atoms with Crippen LogP contribution >= 0.6 is 0 Å². The van der Waals surface area contributed by atoms with Gasteiger partial charge in [0.05, 0.1) is 6.26 Å². The van der Waals surface area contributed by atoms with E-state index in [2.05, 4.69) is 4.90 Å². The molecule has 3 rings (SSSR count). The van der Waals surface area contributed by atoms with Gasteiger partial charge in [-0.3, -0.25) is 19.3 Å². The van der Waals surface area contributed by atoms with Gasteiger partial charge in [-0.15, -0.1) is 0 Å². The van der Waals surface area contributed by atoms with Crippen molar-refractivity contribution in [3.8, 4) is 0 Å². The van der Waals surface area contributed by atoms with Gasteiger partial charge in [0, 0.05) is 72.2 Å². The van der Waals surface area contributed by atoms with E-state index < -0.39 is 0 Å². The molecule has 0 aromatic carbocycles. The molecule has 0 radical (unpaired) electrons. The number of carbonyl (C=O) groups excluding carboxylic acids is 3. The third-order valence-corrected chi connectivity index (χ3v) is 5.11. The number of hydrogen-bond donors (Lipinski definition) is 0. The van der Waals surface area contributed by atoms with E-state index in [1.165, 1.54) is 6.26 Å². The van der Waals surface area contributed by atoms with Crippen molar-refractivity contribution in [2.75, 3.05) is 58.9 Å². The van der Waals surface area contributed by atoms with Gasteiger partial charge in [0.2, 0.25) is 11.8 Å². The van der Waals surface area contributed by atoms with Crippen LogP contribution in [-0.4, -0.2) is 96.2 Å². The summed E-state index contributed by atoms with van der Waals surface area (Å²) < 4.78 is 5.16. The maximum Gasteiger partial charge on any atom is 0.289 e. The highest BCUT2D eigenvalue weighted by Crippen LogP contribution is 2.10. The maximum atomic E-state index is 12.4. The highest BCUT2D eigenvalue weighted by atomic mass is 16.3. The summed E-state index contributed by atoms with van der Waals surface area (Å²) in [5.41, 5.74) is 0. The molecular weight excluding hydrogens is 336 g/mol. The molecule has 2 fully saturated rings. The van der Waals surface area contributed by atoms with Crippen molar-refractivity contribution in [2.45, 2.75) is 13.3 Å². The van der Waals surface area contributed by atoms with E-state index in [4.69, 9.17) is 4.42 Å². The Morgan fingerprint density at radius 3 is 2.12 bits per heavy atom. The van der Waals surface area contributed by atoms with Gasteiger partial charge in [-0.25, -0.2) is 0 Å². The van der Waals surface area contributed by atoms with Gasteiger partial charge in [-0.2, -0.15) is 0 Å². The van der Waals surface area contributed by atoms with Crippen molar-refractivity contribution in [1.82, 2.24) is 19.6 Å². The molecule has 0 aliphatic carbocycles.